The fraction of sp³-hybridized carbons (Fsp3) is 0.556. The number of imidazole rings is 1. The number of carbonyl (C=O) groups excluding carboxylic acids is 1. The zero-order chi connectivity index (χ0) is 21.1. The number of thiazole rings is 1. The normalized spacial score (nSPS) is 19.4. The second kappa shape index (κ2) is 9.10. The number of methoxy groups -OCH3 is 1. The number of aromatic amines is 1. The highest BCUT2D eigenvalue weighted by Gasteiger charge is 2.33. The van der Waals surface area contributed by atoms with Crippen LogP contribution in [0.15, 0.2) is 0 Å². The molecule has 2 aromatic rings. The van der Waals surface area contributed by atoms with Gasteiger partial charge in [-0.05, 0) is 19.3 Å². The van der Waals surface area contributed by atoms with Crippen LogP contribution in [0, 0.1) is 0 Å². The van der Waals surface area contributed by atoms with Crippen LogP contribution in [-0.2, 0) is 17.6 Å². The van der Waals surface area contributed by atoms with E-state index in [1.807, 2.05) is 18.7 Å². The van der Waals surface area contributed by atoms with Gasteiger partial charge in [-0.1, -0.05) is 36.8 Å². The second-order valence-electron chi connectivity index (χ2n) is 6.73. The third kappa shape index (κ3) is 4.54. The molecule has 1 saturated heterocycles. The first-order valence-electron chi connectivity index (χ1n) is 9.43. The van der Waals surface area contributed by atoms with Gasteiger partial charge >= 0.3 is 5.97 Å². The van der Waals surface area contributed by atoms with Gasteiger partial charge in [0.2, 0.25) is 0 Å². The third-order valence-corrected chi connectivity index (χ3v) is 6.42. The van der Waals surface area contributed by atoms with Crippen LogP contribution in [0.3, 0.4) is 0 Å². The van der Waals surface area contributed by atoms with Crippen molar-refractivity contribution in [1.82, 2.24) is 20.3 Å². The van der Waals surface area contributed by atoms with E-state index in [0.717, 1.165) is 5.69 Å². The van der Waals surface area contributed by atoms with Gasteiger partial charge in [0, 0.05) is 20.2 Å². The minimum Gasteiger partial charge on any atom is -0.477 e. The van der Waals surface area contributed by atoms with Crippen LogP contribution < -0.4 is 10.2 Å². The minimum absolute atomic E-state index is 0.183. The lowest BCUT2D eigenvalue weighted by molar-refractivity contribution is 0.0538. The Balaban J connectivity index is 1.69. The molecule has 1 fully saturated rings. The van der Waals surface area contributed by atoms with Crippen molar-refractivity contribution < 1.29 is 19.4 Å². The number of aromatic nitrogens is 3. The molecule has 1 amide bonds. The van der Waals surface area contributed by atoms with Gasteiger partial charge in [0.15, 0.2) is 16.1 Å². The number of aromatic carboxylic acids is 1. The maximum absolute atomic E-state index is 12.6. The van der Waals surface area contributed by atoms with Crippen molar-refractivity contribution in [2.24, 2.45) is 0 Å². The van der Waals surface area contributed by atoms with Crippen molar-refractivity contribution in [1.29, 1.82) is 0 Å². The molecule has 1 aliphatic heterocycles. The van der Waals surface area contributed by atoms with Gasteiger partial charge in [0.05, 0.1) is 23.5 Å². The van der Waals surface area contributed by atoms with Gasteiger partial charge in [-0.3, -0.25) is 4.79 Å². The minimum atomic E-state index is -0.959. The first-order chi connectivity index (χ1) is 13.9. The summed E-state index contributed by atoms with van der Waals surface area (Å²) in [6, 6.07) is -0.206. The number of carboxylic acid groups (broad SMARTS) is 1. The molecule has 0 aliphatic carbocycles. The Morgan fingerprint density at radius 2 is 2.14 bits per heavy atom. The molecule has 3 rings (SSSR count). The third-order valence-electron chi connectivity index (χ3n) is 4.96. The first kappa shape index (κ1) is 21.5. The van der Waals surface area contributed by atoms with E-state index in [0.29, 0.717) is 48.3 Å². The number of nitrogens with one attached hydrogen (secondary N) is 2. The molecular weight excluding hydrogens is 418 g/mol. The summed E-state index contributed by atoms with van der Waals surface area (Å²) in [5.74, 6) is -1.11. The highest BCUT2D eigenvalue weighted by molar-refractivity contribution is 7.17. The first-order valence-corrected chi connectivity index (χ1v) is 10.6. The molecule has 1 aliphatic rings. The zero-order valence-corrected chi connectivity index (χ0v) is 18.1. The number of anilines is 1. The standard InChI is InChI=1S/C18H24ClN5O4S/c1-4-9-13(17(26)27)29-18(22-9)24-7-6-11(12(8-24)28-3)21-16(25)15-20-10(5-2)14(19)23-15/h11-12H,4-8H2,1-3H3,(H,20,23)(H,21,25)(H,26,27). The molecule has 3 heterocycles. The van der Waals surface area contributed by atoms with Crippen molar-refractivity contribution in [3.8, 4) is 0 Å². The average Bonchev–Trinajstić information content (AvgIpc) is 3.31. The summed E-state index contributed by atoms with van der Waals surface area (Å²) in [7, 11) is 1.59. The molecule has 3 N–H and O–H groups in total. The molecule has 0 aromatic carbocycles. The fourth-order valence-electron chi connectivity index (χ4n) is 3.34. The molecule has 0 saturated carbocycles. The number of H-pyrrole nitrogens is 1. The van der Waals surface area contributed by atoms with Gasteiger partial charge in [-0.2, -0.15) is 0 Å². The quantitative estimate of drug-likeness (QED) is 0.603. The van der Waals surface area contributed by atoms with Crippen LogP contribution in [-0.4, -0.2) is 64.3 Å². The Morgan fingerprint density at radius 3 is 2.69 bits per heavy atom. The largest absolute Gasteiger partial charge is 0.477 e. The SMILES string of the molecule is CCc1nc(N2CCC(NC(=O)c3nc(Cl)c(CC)[nH]3)C(OC)C2)sc1C(=O)O. The van der Waals surface area contributed by atoms with Crippen LogP contribution in [0.1, 0.15) is 51.9 Å². The second-order valence-corrected chi connectivity index (χ2v) is 8.06. The molecule has 2 aromatic heterocycles. The summed E-state index contributed by atoms with van der Waals surface area (Å²) < 4.78 is 5.60. The van der Waals surface area contributed by atoms with Crippen LogP contribution in [0.5, 0.6) is 0 Å². The lowest BCUT2D eigenvalue weighted by Crippen LogP contribution is -2.55. The Kier molecular flexibility index (Phi) is 6.76. The van der Waals surface area contributed by atoms with E-state index in [1.165, 1.54) is 11.3 Å². The van der Waals surface area contributed by atoms with E-state index in [2.05, 4.69) is 20.3 Å². The van der Waals surface area contributed by atoms with Crippen LogP contribution in [0.25, 0.3) is 0 Å². The summed E-state index contributed by atoms with van der Waals surface area (Å²) >= 11 is 7.20. The average molecular weight is 442 g/mol. The Hall–Kier alpha value is -2.17. The molecule has 0 bridgehead atoms. The monoisotopic (exact) mass is 441 g/mol. The van der Waals surface area contributed by atoms with Crippen molar-refractivity contribution in [2.45, 2.75) is 45.3 Å². The molecule has 2 atom stereocenters. The predicted molar refractivity (Wildman–Crippen MR) is 110 cm³/mol. The van der Waals surface area contributed by atoms with Crippen molar-refractivity contribution in [2.75, 3.05) is 25.1 Å². The van der Waals surface area contributed by atoms with E-state index in [-0.39, 0.29) is 28.8 Å². The summed E-state index contributed by atoms with van der Waals surface area (Å²) in [5, 5.41) is 13.3. The molecular formula is C18H24ClN5O4S. The van der Waals surface area contributed by atoms with Gasteiger partial charge in [0.25, 0.3) is 5.91 Å². The highest BCUT2D eigenvalue weighted by atomic mass is 35.5. The molecule has 0 radical (unpaired) electrons. The Bertz CT molecular complexity index is 899. The fourth-order valence-corrected chi connectivity index (χ4v) is 4.64. The molecule has 158 valence electrons. The van der Waals surface area contributed by atoms with E-state index in [1.54, 1.807) is 7.11 Å². The number of carbonyl (C=O) groups is 2. The maximum atomic E-state index is 12.6. The lowest BCUT2D eigenvalue weighted by Gasteiger charge is -2.37. The Labute approximate surface area is 177 Å². The summed E-state index contributed by atoms with van der Waals surface area (Å²) in [6.45, 7) is 4.93. The number of hydrogen-bond donors (Lipinski definition) is 3. The number of amides is 1. The van der Waals surface area contributed by atoms with Crippen molar-refractivity contribution in [3.05, 3.63) is 27.2 Å². The molecule has 11 heteroatoms. The summed E-state index contributed by atoms with van der Waals surface area (Å²) in [6.07, 6.45) is 1.57. The van der Waals surface area contributed by atoms with Crippen molar-refractivity contribution >= 4 is 39.9 Å². The van der Waals surface area contributed by atoms with E-state index in [4.69, 9.17) is 16.3 Å². The number of ether oxygens (including phenoxy) is 1. The number of halogens is 1. The smallest absolute Gasteiger partial charge is 0.347 e. The number of hydrogen-bond acceptors (Lipinski definition) is 7. The van der Waals surface area contributed by atoms with Crippen LogP contribution >= 0.6 is 22.9 Å². The summed E-state index contributed by atoms with van der Waals surface area (Å²) in [4.78, 5) is 37.8. The maximum Gasteiger partial charge on any atom is 0.347 e. The highest BCUT2D eigenvalue weighted by Crippen LogP contribution is 2.29. The van der Waals surface area contributed by atoms with Crippen molar-refractivity contribution in [3.63, 3.8) is 0 Å². The zero-order valence-electron chi connectivity index (χ0n) is 16.5. The number of nitrogens with zero attached hydrogens (tertiary/aromatic N) is 3. The van der Waals surface area contributed by atoms with Gasteiger partial charge in [-0.25, -0.2) is 14.8 Å². The number of aryl methyl sites for hydroxylation is 2. The van der Waals surface area contributed by atoms with E-state index in [9.17, 15) is 14.7 Å². The molecule has 9 nitrogen and oxygen atoms in total. The Morgan fingerprint density at radius 1 is 1.38 bits per heavy atom. The molecule has 29 heavy (non-hydrogen) atoms. The summed E-state index contributed by atoms with van der Waals surface area (Å²) in [5.41, 5.74) is 1.31. The van der Waals surface area contributed by atoms with Gasteiger partial charge in [-0.15, -0.1) is 0 Å². The molecule has 2 unspecified atom stereocenters. The number of rotatable bonds is 7. The number of piperidine rings is 1. The van der Waals surface area contributed by atoms with Gasteiger partial charge in [0.1, 0.15) is 4.88 Å². The molecule has 0 spiro atoms. The topological polar surface area (TPSA) is 120 Å². The van der Waals surface area contributed by atoms with E-state index < -0.39 is 5.97 Å². The van der Waals surface area contributed by atoms with Crippen LogP contribution in [0.4, 0.5) is 5.13 Å². The predicted octanol–water partition coefficient (Wildman–Crippen LogP) is 2.37. The number of carboxylic acids is 1. The van der Waals surface area contributed by atoms with Gasteiger partial charge < -0.3 is 25.0 Å². The van der Waals surface area contributed by atoms with Crippen LogP contribution in [0.2, 0.25) is 5.15 Å². The van der Waals surface area contributed by atoms with E-state index >= 15 is 0 Å². The lowest BCUT2D eigenvalue weighted by atomic mass is 10.0.